The molecule has 12 heteroatoms. The van der Waals surface area contributed by atoms with Crippen molar-refractivity contribution in [2.24, 2.45) is 11.7 Å². The number of hydrogen-bond donors (Lipinski definition) is 3. The molecule has 0 saturated carbocycles. The second kappa shape index (κ2) is 7.84. The van der Waals surface area contributed by atoms with E-state index in [-0.39, 0.29) is 39.3 Å². The summed E-state index contributed by atoms with van der Waals surface area (Å²) >= 11 is 5.86. The summed E-state index contributed by atoms with van der Waals surface area (Å²) in [4.78, 5) is 11.4. The number of halogens is 5. The third kappa shape index (κ3) is 3.59. The Morgan fingerprint density at radius 1 is 1.27 bits per heavy atom. The molecule has 0 amide bonds. The number of hydrogen-bond acceptors (Lipinski definition) is 5. The Labute approximate surface area is 190 Å². The first-order valence-electron chi connectivity index (χ1n) is 9.86. The van der Waals surface area contributed by atoms with Gasteiger partial charge in [0.25, 0.3) is 0 Å². The summed E-state index contributed by atoms with van der Waals surface area (Å²) in [6.45, 7) is 2.34. The van der Waals surface area contributed by atoms with Gasteiger partial charge in [-0.1, -0.05) is 24.6 Å². The highest BCUT2D eigenvalue weighted by Gasteiger charge is 2.65. The van der Waals surface area contributed by atoms with Gasteiger partial charge in [0.2, 0.25) is 0 Å². The summed E-state index contributed by atoms with van der Waals surface area (Å²) in [6, 6.07) is 5.74. The Morgan fingerprint density at radius 3 is 2.58 bits per heavy atom. The molecule has 0 aliphatic carbocycles. The molecule has 1 saturated heterocycles. The van der Waals surface area contributed by atoms with E-state index >= 15 is 0 Å². The van der Waals surface area contributed by atoms with Crippen molar-refractivity contribution in [1.82, 2.24) is 15.0 Å². The van der Waals surface area contributed by atoms with Gasteiger partial charge >= 0.3 is 6.18 Å². The van der Waals surface area contributed by atoms with Crippen LogP contribution >= 0.6 is 11.6 Å². The molecule has 0 unspecified atom stereocenters. The molecule has 4 rings (SSSR count). The molecule has 7 nitrogen and oxygen atoms in total. The molecule has 1 aliphatic rings. The lowest BCUT2D eigenvalue weighted by atomic mass is 9.77. The number of ether oxygens (including phenoxy) is 2. The zero-order chi connectivity index (χ0) is 24.3. The van der Waals surface area contributed by atoms with Gasteiger partial charge in [-0.15, -0.1) is 0 Å². The maximum Gasteiger partial charge on any atom is 0.417 e. The van der Waals surface area contributed by atoms with Gasteiger partial charge in [0.15, 0.2) is 22.8 Å². The minimum absolute atomic E-state index is 0.0699. The van der Waals surface area contributed by atoms with Crippen LogP contribution in [0.3, 0.4) is 0 Å². The topological polar surface area (TPSA) is 110 Å². The number of pyridine rings is 1. The molecule has 1 aliphatic heterocycles. The van der Waals surface area contributed by atoms with Gasteiger partial charge < -0.3 is 20.2 Å². The number of nitrogens with two attached hydrogens (primary N) is 1. The van der Waals surface area contributed by atoms with E-state index in [9.17, 15) is 17.6 Å². The number of amidine groups is 1. The number of methoxy groups -OCH3 is 1. The van der Waals surface area contributed by atoms with Crippen LogP contribution in [-0.4, -0.2) is 39.7 Å². The molecule has 1 aromatic carbocycles. The molecule has 1 fully saturated rings. The lowest BCUT2D eigenvalue weighted by Crippen LogP contribution is -2.46. The number of nitrogen functional groups attached to an aromatic ring is 1. The summed E-state index contributed by atoms with van der Waals surface area (Å²) in [7, 11) is 1.21. The van der Waals surface area contributed by atoms with Crippen molar-refractivity contribution in [2.45, 2.75) is 37.6 Å². The molecular formula is C21H20ClF4N5O2. The second-order valence-electron chi connectivity index (χ2n) is 8.04. The predicted octanol–water partition coefficient (Wildman–Crippen LogP) is 4.86. The number of aromatic nitrogens is 3. The van der Waals surface area contributed by atoms with Crippen LogP contribution in [-0.2, 0) is 4.74 Å². The van der Waals surface area contributed by atoms with Crippen LogP contribution in [0.1, 0.15) is 43.0 Å². The Balaban J connectivity index is 1.91. The van der Waals surface area contributed by atoms with Gasteiger partial charge in [-0.3, -0.25) is 5.41 Å². The molecule has 33 heavy (non-hydrogen) atoms. The van der Waals surface area contributed by atoms with Crippen LogP contribution in [0.2, 0.25) is 5.02 Å². The van der Waals surface area contributed by atoms with Crippen LogP contribution < -0.4 is 10.5 Å². The van der Waals surface area contributed by atoms with Crippen LogP contribution in [0.5, 0.6) is 5.75 Å². The molecule has 0 radical (unpaired) electrons. The maximum atomic E-state index is 14.7. The number of benzene rings is 1. The van der Waals surface area contributed by atoms with E-state index in [1.807, 2.05) is 0 Å². The first kappa shape index (κ1) is 23.2. The van der Waals surface area contributed by atoms with Crippen molar-refractivity contribution in [3.05, 3.63) is 52.2 Å². The van der Waals surface area contributed by atoms with E-state index < -0.39 is 35.5 Å². The summed E-state index contributed by atoms with van der Waals surface area (Å²) in [5, 5.41) is 7.31. The first-order valence-corrected chi connectivity index (χ1v) is 10.2. The highest BCUT2D eigenvalue weighted by Crippen LogP contribution is 2.59. The Bertz CT molecular complexity index is 1250. The van der Waals surface area contributed by atoms with Crippen molar-refractivity contribution in [2.75, 3.05) is 7.11 Å². The number of rotatable bonds is 4. The number of fused-ring (bicyclic) bond motifs is 1. The van der Waals surface area contributed by atoms with Gasteiger partial charge in [-0.05, 0) is 25.1 Å². The Morgan fingerprint density at radius 2 is 1.97 bits per heavy atom. The van der Waals surface area contributed by atoms with Gasteiger partial charge in [-0.25, -0.2) is 14.4 Å². The fourth-order valence-electron chi connectivity index (χ4n) is 4.25. The molecular weight excluding hydrogens is 466 g/mol. The van der Waals surface area contributed by atoms with E-state index in [0.29, 0.717) is 5.52 Å². The van der Waals surface area contributed by atoms with Crippen molar-refractivity contribution >= 4 is 28.6 Å². The largest absolute Gasteiger partial charge is 0.493 e. The van der Waals surface area contributed by atoms with E-state index in [0.717, 1.165) is 6.92 Å². The smallest absolute Gasteiger partial charge is 0.417 e. The van der Waals surface area contributed by atoms with Crippen molar-refractivity contribution in [3.63, 3.8) is 0 Å². The molecule has 176 valence electrons. The number of imidazole rings is 1. The number of alkyl halides is 3. The molecule has 0 bridgehead atoms. The minimum atomic E-state index is -4.72. The minimum Gasteiger partial charge on any atom is -0.493 e. The SMILES string of the molecule is COc1c([C@H]2[C@H](c3nc4nc(C(=N)N)ccc4[nH]3)O[C@@](C)(C(F)(F)F)[C@H]2C)ccc(Cl)c1F. The molecule has 4 N–H and O–H groups in total. The van der Waals surface area contributed by atoms with Crippen LogP contribution in [0.4, 0.5) is 17.6 Å². The normalized spacial score (nSPS) is 25.5. The average Bonchev–Trinajstić information content (AvgIpc) is 3.28. The van der Waals surface area contributed by atoms with Crippen molar-refractivity contribution in [3.8, 4) is 5.75 Å². The van der Waals surface area contributed by atoms with E-state index in [1.165, 1.54) is 32.2 Å². The standard InChI is InChI=1S/C21H20ClF4N5O2/c1-8-13(9-4-5-10(22)14(23)15(9)32-3)16(33-20(8,2)21(24,25)26)19-30-12-7-6-11(17(27)28)29-18(12)31-19/h4-8,13,16H,1-3H3,(H3,27,28)(H,29,30,31)/t8-,13-,16+,20+/m0/s1. The number of nitrogens with one attached hydrogen (secondary N) is 2. The van der Waals surface area contributed by atoms with Gasteiger partial charge in [0.1, 0.15) is 23.5 Å². The van der Waals surface area contributed by atoms with Gasteiger partial charge in [0, 0.05) is 17.4 Å². The average molecular weight is 486 g/mol. The van der Waals surface area contributed by atoms with Gasteiger partial charge in [-0.2, -0.15) is 13.2 Å². The summed E-state index contributed by atoms with van der Waals surface area (Å²) in [5.41, 5.74) is 3.82. The second-order valence-corrected chi connectivity index (χ2v) is 8.45. The lowest BCUT2D eigenvalue weighted by Gasteiger charge is -2.32. The molecule has 4 atom stereocenters. The lowest BCUT2D eigenvalue weighted by molar-refractivity contribution is -0.275. The highest BCUT2D eigenvalue weighted by molar-refractivity contribution is 6.30. The number of nitrogens with zero attached hydrogens (tertiary/aromatic N) is 2. The first-order chi connectivity index (χ1) is 15.4. The van der Waals surface area contributed by atoms with Crippen molar-refractivity contribution < 1.29 is 27.0 Å². The quantitative estimate of drug-likeness (QED) is 0.278. The van der Waals surface area contributed by atoms with Crippen LogP contribution in [0.15, 0.2) is 24.3 Å². The fourth-order valence-corrected chi connectivity index (χ4v) is 4.39. The maximum absolute atomic E-state index is 14.7. The van der Waals surface area contributed by atoms with E-state index in [2.05, 4.69) is 15.0 Å². The Hall–Kier alpha value is -2.92. The summed E-state index contributed by atoms with van der Waals surface area (Å²) < 4.78 is 67.9. The van der Waals surface area contributed by atoms with Gasteiger partial charge in [0.05, 0.1) is 17.6 Å². The third-order valence-corrected chi connectivity index (χ3v) is 6.51. The number of aromatic amines is 1. The van der Waals surface area contributed by atoms with Crippen LogP contribution in [0, 0.1) is 17.1 Å². The fraction of sp³-hybridized carbons (Fsp3) is 0.381. The predicted molar refractivity (Wildman–Crippen MR) is 113 cm³/mol. The van der Waals surface area contributed by atoms with Crippen LogP contribution in [0.25, 0.3) is 11.2 Å². The zero-order valence-corrected chi connectivity index (χ0v) is 18.5. The third-order valence-electron chi connectivity index (χ3n) is 6.22. The monoisotopic (exact) mass is 485 g/mol. The molecule has 3 heterocycles. The molecule has 0 spiro atoms. The Kier molecular flexibility index (Phi) is 5.52. The molecule has 2 aromatic heterocycles. The molecule has 3 aromatic rings. The van der Waals surface area contributed by atoms with E-state index in [1.54, 1.807) is 6.07 Å². The number of H-pyrrole nitrogens is 1. The summed E-state index contributed by atoms with van der Waals surface area (Å²) in [5.74, 6) is -3.48. The summed E-state index contributed by atoms with van der Waals surface area (Å²) in [6.07, 6.45) is -5.96. The zero-order valence-electron chi connectivity index (χ0n) is 17.7. The van der Waals surface area contributed by atoms with Crippen molar-refractivity contribution in [1.29, 1.82) is 5.41 Å². The van der Waals surface area contributed by atoms with E-state index in [4.69, 9.17) is 32.2 Å². The highest BCUT2D eigenvalue weighted by atomic mass is 35.5.